The van der Waals surface area contributed by atoms with Gasteiger partial charge < -0.3 is 5.73 Å². The molecular formula is C14H25NO. The molecule has 0 aromatic carbocycles. The van der Waals surface area contributed by atoms with Gasteiger partial charge in [0.2, 0.25) is 0 Å². The van der Waals surface area contributed by atoms with Gasteiger partial charge in [0.15, 0.2) is 0 Å². The largest absolute Gasteiger partial charge is 0.328 e. The van der Waals surface area contributed by atoms with E-state index in [-0.39, 0.29) is 0 Å². The van der Waals surface area contributed by atoms with E-state index in [1.807, 2.05) is 0 Å². The molecule has 0 radical (unpaired) electrons. The standard InChI is InChI=1S/C11H21N.C3H4O/c1-2-3-4-5-10-6-8-11(12)9-7-10;1-2-3-4/h2-3,10-11H,4-9,12H2,1H3;2-3H,1H2/b3-2+;. The Morgan fingerprint density at radius 1 is 1.31 bits per heavy atom. The van der Waals surface area contributed by atoms with Gasteiger partial charge in [-0.15, -0.1) is 0 Å². The van der Waals surface area contributed by atoms with Gasteiger partial charge in [-0.2, -0.15) is 0 Å². The number of hydrogen-bond acceptors (Lipinski definition) is 2. The van der Waals surface area contributed by atoms with Crippen molar-refractivity contribution in [2.75, 3.05) is 0 Å². The van der Waals surface area contributed by atoms with Crippen molar-refractivity contribution in [2.24, 2.45) is 11.7 Å². The highest BCUT2D eigenvalue weighted by molar-refractivity contribution is 5.63. The molecule has 0 saturated heterocycles. The first-order valence-corrected chi connectivity index (χ1v) is 6.17. The van der Waals surface area contributed by atoms with E-state index in [0.717, 1.165) is 5.92 Å². The Morgan fingerprint density at radius 2 is 1.88 bits per heavy atom. The van der Waals surface area contributed by atoms with E-state index in [2.05, 4.69) is 25.7 Å². The van der Waals surface area contributed by atoms with Crippen molar-refractivity contribution in [2.45, 2.75) is 51.5 Å². The first-order valence-electron chi connectivity index (χ1n) is 6.17. The van der Waals surface area contributed by atoms with Crippen LogP contribution in [0.4, 0.5) is 0 Å². The maximum Gasteiger partial charge on any atom is 0.142 e. The minimum atomic E-state index is 0.503. The molecule has 0 heterocycles. The normalized spacial score (nSPS) is 24.6. The molecule has 2 heteroatoms. The number of hydrogen-bond donors (Lipinski definition) is 1. The van der Waals surface area contributed by atoms with Crippen LogP contribution in [0.2, 0.25) is 0 Å². The fourth-order valence-corrected chi connectivity index (χ4v) is 1.98. The SMILES string of the molecule is C/C=C/CCC1CCC(N)CC1.C=CC=O. The van der Waals surface area contributed by atoms with Crippen molar-refractivity contribution in [3.05, 3.63) is 24.8 Å². The third-order valence-corrected chi connectivity index (χ3v) is 2.96. The van der Waals surface area contributed by atoms with Gasteiger partial charge in [-0.1, -0.05) is 18.7 Å². The Balaban J connectivity index is 0.000000487. The zero-order valence-corrected chi connectivity index (χ0v) is 10.4. The Hall–Kier alpha value is -0.890. The Morgan fingerprint density at radius 3 is 2.31 bits per heavy atom. The Bertz CT molecular complexity index is 197. The average molecular weight is 223 g/mol. The molecule has 2 nitrogen and oxygen atoms in total. The quantitative estimate of drug-likeness (QED) is 0.452. The first kappa shape index (κ1) is 15.1. The number of allylic oxidation sites excluding steroid dienone is 3. The molecule has 2 N–H and O–H groups in total. The lowest BCUT2D eigenvalue weighted by Crippen LogP contribution is -2.26. The summed E-state index contributed by atoms with van der Waals surface area (Å²) < 4.78 is 0. The molecule has 92 valence electrons. The summed E-state index contributed by atoms with van der Waals surface area (Å²) in [4.78, 5) is 9.06. The average Bonchev–Trinajstić information content (AvgIpc) is 2.32. The summed E-state index contributed by atoms with van der Waals surface area (Å²) >= 11 is 0. The fraction of sp³-hybridized carbons (Fsp3) is 0.643. The Labute approximate surface area is 99.6 Å². The molecule has 0 unspecified atom stereocenters. The summed E-state index contributed by atoms with van der Waals surface area (Å²) in [5.74, 6) is 0.959. The molecule has 0 bridgehead atoms. The van der Waals surface area contributed by atoms with Gasteiger partial charge in [-0.3, -0.25) is 4.79 Å². The van der Waals surface area contributed by atoms with Crippen LogP contribution < -0.4 is 5.73 Å². The smallest absolute Gasteiger partial charge is 0.142 e. The second kappa shape index (κ2) is 10.6. The number of nitrogens with two attached hydrogens (primary N) is 1. The van der Waals surface area contributed by atoms with E-state index in [0.29, 0.717) is 12.3 Å². The second-order valence-electron chi connectivity index (χ2n) is 4.30. The number of rotatable bonds is 4. The van der Waals surface area contributed by atoms with Gasteiger partial charge in [0.25, 0.3) is 0 Å². The van der Waals surface area contributed by atoms with Crippen molar-refractivity contribution >= 4 is 6.29 Å². The van der Waals surface area contributed by atoms with E-state index < -0.39 is 0 Å². The van der Waals surface area contributed by atoms with Crippen LogP contribution in [0, 0.1) is 5.92 Å². The number of carbonyl (C=O) groups excluding carboxylic acids is 1. The van der Waals surface area contributed by atoms with Gasteiger partial charge in [-0.25, -0.2) is 0 Å². The van der Waals surface area contributed by atoms with Crippen molar-refractivity contribution < 1.29 is 4.79 Å². The summed E-state index contributed by atoms with van der Waals surface area (Å²) in [7, 11) is 0. The maximum atomic E-state index is 9.06. The summed E-state index contributed by atoms with van der Waals surface area (Å²) in [6.45, 7) is 5.21. The van der Waals surface area contributed by atoms with Crippen LogP contribution in [-0.4, -0.2) is 12.3 Å². The molecular weight excluding hydrogens is 198 g/mol. The third kappa shape index (κ3) is 8.42. The fourth-order valence-electron chi connectivity index (χ4n) is 1.98. The van der Waals surface area contributed by atoms with Crippen molar-refractivity contribution in [3.63, 3.8) is 0 Å². The molecule has 0 aromatic rings. The second-order valence-corrected chi connectivity index (χ2v) is 4.30. The summed E-state index contributed by atoms with van der Waals surface area (Å²) in [6.07, 6.45) is 14.1. The molecule has 1 aliphatic carbocycles. The van der Waals surface area contributed by atoms with Crippen LogP contribution in [0.25, 0.3) is 0 Å². The van der Waals surface area contributed by atoms with Gasteiger partial charge in [0.1, 0.15) is 6.29 Å². The summed E-state index contributed by atoms with van der Waals surface area (Å²) in [5, 5.41) is 0. The lowest BCUT2D eigenvalue weighted by Gasteiger charge is -2.25. The molecule has 0 amide bonds. The Kier molecular flexibility index (Phi) is 10.0. The van der Waals surface area contributed by atoms with Crippen molar-refractivity contribution in [3.8, 4) is 0 Å². The number of carbonyl (C=O) groups is 1. The van der Waals surface area contributed by atoms with Crippen molar-refractivity contribution in [1.82, 2.24) is 0 Å². The molecule has 0 aliphatic heterocycles. The zero-order chi connectivity index (χ0) is 12.2. The van der Waals surface area contributed by atoms with Gasteiger partial charge in [-0.05, 0) is 57.4 Å². The van der Waals surface area contributed by atoms with Crippen LogP contribution >= 0.6 is 0 Å². The molecule has 0 spiro atoms. The molecule has 0 aromatic heterocycles. The third-order valence-electron chi connectivity index (χ3n) is 2.96. The molecule has 1 saturated carbocycles. The van der Waals surface area contributed by atoms with E-state index in [1.54, 1.807) is 0 Å². The highest BCUT2D eigenvalue weighted by atomic mass is 16.1. The summed E-state index contributed by atoms with van der Waals surface area (Å²) in [5.41, 5.74) is 5.84. The maximum absolute atomic E-state index is 9.06. The van der Waals surface area contributed by atoms with Crippen LogP contribution in [0.5, 0.6) is 0 Å². The van der Waals surface area contributed by atoms with Gasteiger partial charge >= 0.3 is 0 Å². The van der Waals surface area contributed by atoms with E-state index >= 15 is 0 Å². The molecule has 1 aliphatic rings. The zero-order valence-electron chi connectivity index (χ0n) is 10.4. The van der Waals surface area contributed by atoms with E-state index in [9.17, 15) is 0 Å². The monoisotopic (exact) mass is 223 g/mol. The lowest BCUT2D eigenvalue weighted by atomic mass is 9.84. The van der Waals surface area contributed by atoms with Crippen molar-refractivity contribution in [1.29, 1.82) is 0 Å². The van der Waals surface area contributed by atoms with Crippen LogP contribution in [-0.2, 0) is 4.79 Å². The minimum absolute atomic E-state index is 0.503. The molecule has 1 rings (SSSR count). The van der Waals surface area contributed by atoms with Crippen LogP contribution in [0.3, 0.4) is 0 Å². The first-order chi connectivity index (χ1) is 7.74. The van der Waals surface area contributed by atoms with E-state index in [1.165, 1.54) is 44.6 Å². The minimum Gasteiger partial charge on any atom is -0.328 e. The highest BCUT2D eigenvalue weighted by Crippen LogP contribution is 2.26. The lowest BCUT2D eigenvalue weighted by molar-refractivity contribution is -0.104. The summed E-state index contributed by atoms with van der Waals surface area (Å²) in [6, 6.07) is 0.503. The number of aldehydes is 1. The van der Waals surface area contributed by atoms with Crippen LogP contribution in [0.15, 0.2) is 24.8 Å². The highest BCUT2D eigenvalue weighted by Gasteiger charge is 2.17. The molecule has 16 heavy (non-hydrogen) atoms. The molecule has 0 atom stereocenters. The van der Waals surface area contributed by atoms with Gasteiger partial charge in [0, 0.05) is 6.04 Å². The predicted molar refractivity (Wildman–Crippen MR) is 70.2 cm³/mol. The molecule has 1 fully saturated rings. The topological polar surface area (TPSA) is 43.1 Å². The van der Waals surface area contributed by atoms with Crippen LogP contribution in [0.1, 0.15) is 45.4 Å². The van der Waals surface area contributed by atoms with E-state index in [4.69, 9.17) is 10.5 Å². The predicted octanol–water partition coefficient (Wildman–Crippen LogP) is 3.23. The van der Waals surface area contributed by atoms with Gasteiger partial charge in [0.05, 0.1) is 0 Å².